The van der Waals surface area contributed by atoms with Crippen LogP contribution in [-0.4, -0.2) is 36.0 Å². The van der Waals surface area contributed by atoms with Crippen LogP contribution in [0.1, 0.15) is 34.1 Å². The number of pyridine rings is 1. The standard InChI is InChI=1S/C24H21ClFNO6/c1-13-5-3-6-14(22(13)26)23-27-12-16(24(29)30)19(28)10-18(27)15-9-17(25)21(11-20(15)33-23)32-8-4-7-31-2/h3,5-6,9-12,23H,4,7-8H2,1-2H3,(H,29,30). The fourth-order valence-electron chi connectivity index (χ4n) is 3.70. The van der Waals surface area contributed by atoms with Gasteiger partial charge in [-0.15, -0.1) is 0 Å². The van der Waals surface area contributed by atoms with E-state index in [2.05, 4.69) is 0 Å². The predicted molar refractivity (Wildman–Crippen MR) is 120 cm³/mol. The number of hydrogen-bond acceptors (Lipinski definition) is 5. The average molecular weight is 474 g/mol. The number of aryl methyl sites for hydroxylation is 1. The van der Waals surface area contributed by atoms with Crippen molar-refractivity contribution in [3.05, 3.63) is 80.3 Å². The van der Waals surface area contributed by atoms with Gasteiger partial charge in [0.2, 0.25) is 6.23 Å². The minimum absolute atomic E-state index is 0.194. The van der Waals surface area contributed by atoms with Crippen molar-refractivity contribution in [2.45, 2.75) is 19.6 Å². The molecule has 1 aromatic heterocycles. The average Bonchev–Trinajstić information content (AvgIpc) is 2.78. The molecule has 4 rings (SSSR count). The van der Waals surface area contributed by atoms with E-state index in [0.29, 0.717) is 48.0 Å². The molecule has 2 heterocycles. The fraction of sp³-hybridized carbons (Fsp3) is 0.250. The lowest BCUT2D eigenvalue weighted by molar-refractivity contribution is 0.0693. The van der Waals surface area contributed by atoms with Gasteiger partial charge in [0.1, 0.15) is 22.9 Å². The molecule has 1 aliphatic heterocycles. The topological polar surface area (TPSA) is 87.0 Å². The summed E-state index contributed by atoms with van der Waals surface area (Å²) in [4.78, 5) is 24.1. The van der Waals surface area contributed by atoms with E-state index in [0.717, 1.165) is 0 Å². The van der Waals surface area contributed by atoms with E-state index in [1.807, 2.05) is 0 Å². The first-order valence-corrected chi connectivity index (χ1v) is 10.6. The van der Waals surface area contributed by atoms with Crippen molar-refractivity contribution in [3.63, 3.8) is 0 Å². The van der Waals surface area contributed by atoms with Crippen LogP contribution in [0.15, 0.2) is 47.4 Å². The van der Waals surface area contributed by atoms with E-state index in [4.69, 9.17) is 25.8 Å². The third kappa shape index (κ3) is 4.31. The van der Waals surface area contributed by atoms with Crippen LogP contribution in [0.2, 0.25) is 5.02 Å². The van der Waals surface area contributed by atoms with E-state index in [1.54, 1.807) is 44.4 Å². The van der Waals surface area contributed by atoms with Crippen molar-refractivity contribution < 1.29 is 28.5 Å². The SMILES string of the molecule is COCCCOc1cc2c(cc1Cl)-c1cc(=O)c(C(=O)O)cn1C(c1cccc(C)c1F)O2. The molecule has 1 atom stereocenters. The van der Waals surface area contributed by atoms with Crippen molar-refractivity contribution in [3.8, 4) is 22.8 Å². The van der Waals surface area contributed by atoms with Crippen molar-refractivity contribution in [2.24, 2.45) is 0 Å². The van der Waals surface area contributed by atoms with E-state index in [-0.39, 0.29) is 10.6 Å². The van der Waals surface area contributed by atoms with E-state index in [9.17, 15) is 14.7 Å². The minimum atomic E-state index is -1.39. The molecule has 0 aliphatic carbocycles. The summed E-state index contributed by atoms with van der Waals surface area (Å²) in [6.07, 6.45) is 0.768. The first-order chi connectivity index (χ1) is 15.8. The monoisotopic (exact) mass is 473 g/mol. The van der Waals surface area contributed by atoms with Crippen molar-refractivity contribution in [2.75, 3.05) is 20.3 Å². The number of hydrogen-bond donors (Lipinski definition) is 1. The van der Waals surface area contributed by atoms with Crippen LogP contribution in [-0.2, 0) is 4.74 Å². The van der Waals surface area contributed by atoms with Crippen LogP contribution in [0.3, 0.4) is 0 Å². The third-order valence-corrected chi connectivity index (χ3v) is 5.64. The molecular formula is C24H21ClFNO6. The molecule has 0 spiro atoms. The highest BCUT2D eigenvalue weighted by atomic mass is 35.5. The summed E-state index contributed by atoms with van der Waals surface area (Å²) in [5.74, 6) is -1.18. The molecule has 0 radical (unpaired) electrons. The zero-order valence-electron chi connectivity index (χ0n) is 17.9. The zero-order valence-corrected chi connectivity index (χ0v) is 18.7. The predicted octanol–water partition coefficient (Wildman–Crippen LogP) is 4.67. The number of fused-ring (bicyclic) bond motifs is 3. The summed E-state index contributed by atoms with van der Waals surface area (Å²) in [5.41, 5.74) is 0.280. The number of carboxylic acid groups (broad SMARTS) is 1. The molecule has 0 saturated heterocycles. The van der Waals surface area contributed by atoms with Gasteiger partial charge in [-0.1, -0.05) is 29.8 Å². The second-order valence-electron chi connectivity index (χ2n) is 7.57. The summed E-state index contributed by atoms with van der Waals surface area (Å²) in [6, 6.07) is 9.22. The Bertz CT molecular complexity index is 1290. The van der Waals surface area contributed by atoms with Gasteiger partial charge in [-0.3, -0.25) is 4.79 Å². The summed E-state index contributed by atoms with van der Waals surface area (Å²) < 4.78 is 33.4. The van der Waals surface area contributed by atoms with Crippen molar-refractivity contribution in [1.29, 1.82) is 0 Å². The Kier molecular flexibility index (Phi) is 6.40. The zero-order chi connectivity index (χ0) is 23.7. The molecule has 1 unspecified atom stereocenters. The summed E-state index contributed by atoms with van der Waals surface area (Å²) in [6.45, 7) is 2.51. The fourth-order valence-corrected chi connectivity index (χ4v) is 3.92. The normalized spacial score (nSPS) is 14.2. The second-order valence-corrected chi connectivity index (χ2v) is 7.98. The number of nitrogens with zero attached hydrogens (tertiary/aromatic N) is 1. The third-order valence-electron chi connectivity index (χ3n) is 5.35. The Labute approximate surface area is 193 Å². The molecule has 1 N–H and O–H groups in total. The first-order valence-electron chi connectivity index (χ1n) is 10.2. The Balaban J connectivity index is 1.87. The Morgan fingerprint density at radius 2 is 2.06 bits per heavy atom. The summed E-state index contributed by atoms with van der Waals surface area (Å²) in [7, 11) is 1.60. The molecule has 9 heteroatoms. The molecular weight excluding hydrogens is 453 g/mol. The van der Waals surface area contributed by atoms with E-state index >= 15 is 4.39 Å². The minimum Gasteiger partial charge on any atom is -0.492 e. The number of halogens is 2. The smallest absolute Gasteiger partial charge is 0.341 e. The molecule has 7 nitrogen and oxygen atoms in total. The number of carbonyl (C=O) groups is 1. The number of aromatic nitrogens is 1. The quantitative estimate of drug-likeness (QED) is 0.502. The lowest BCUT2D eigenvalue weighted by atomic mass is 10.0. The molecule has 2 aromatic carbocycles. The van der Waals surface area contributed by atoms with Crippen LogP contribution in [0.4, 0.5) is 4.39 Å². The highest BCUT2D eigenvalue weighted by molar-refractivity contribution is 6.32. The van der Waals surface area contributed by atoms with Crippen LogP contribution in [0.5, 0.6) is 11.5 Å². The van der Waals surface area contributed by atoms with Gasteiger partial charge in [-0.05, 0) is 18.6 Å². The Morgan fingerprint density at radius 1 is 1.27 bits per heavy atom. The number of carboxylic acids is 1. The maximum atomic E-state index is 15.0. The van der Waals surface area contributed by atoms with Gasteiger partial charge < -0.3 is 23.9 Å². The van der Waals surface area contributed by atoms with Crippen LogP contribution in [0.25, 0.3) is 11.3 Å². The molecule has 0 bridgehead atoms. The number of ether oxygens (including phenoxy) is 3. The van der Waals surface area contributed by atoms with E-state index < -0.39 is 29.0 Å². The molecule has 33 heavy (non-hydrogen) atoms. The summed E-state index contributed by atoms with van der Waals surface area (Å²) in [5, 5.41) is 9.73. The first kappa shape index (κ1) is 22.8. The van der Waals surface area contributed by atoms with Gasteiger partial charge in [-0.2, -0.15) is 0 Å². The van der Waals surface area contributed by atoms with Gasteiger partial charge in [0.05, 0.1) is 17.3 Å². The maximum Gasteiger partial charge on any atom is 0.341 e. The van der Waals surface area contributed by atoms with Crippen LogP contribution < -0.4 is 14.9 Å². The second kappa shape index (κ2) is 9.25. The van der Waals surface area contributed by atoms with Crippen molar-refractivity contribution >= 4 is 17.6 Å². The maximum absolute atomic E-state index is 15.0. The molecule has 172 valence electrons. The van der Waals surface area contributed by atoms with Gasteiger partial charge >= 0.3 is 5.97 Å². The number of methoxy groups -OCH3 is 1. The van der Waals surface area contributed by atoms with Crippen LogP contribution >= 0.6 is 11.6 Å². The number of rotatable bonds is 7. The van der Waals surface area contributed by atoms with E-state index in [1.165, 1.54) is 16.8 Å². The highest BCUT2D eigenvalue weighted by Crippen LogP contribution is 2.45. The Hall–Kier alpha value is -3.36. The van der Waals surface area contributed by atoms with Gasteiger partial charge in [0.25, 0.3) is 0 Å². The lowest BCUT2D eigenvalue weighted by Gasteiger charge is -2.32. The van der Waals surface area contributed by atoms with Crippen LogP contribution in [0, 0.1) is 12.7 Å². The molecule has 1 aliphatic rings. The molecule has 0 amide bonds. The molecule has 0 fully saturated rings. The van der Waals surface area contributed by atoms with Gasteiger partial charge in [-0.25, -0.2) is 9.18 Å². The highest BCUT2D eigenvalue weighted by Gasteiger charge is 2.31. The van der Waals surface area contributed by atoms with Gasteiger partial charge in [0.15, 0.2) is 5.43 Å². The largest absolute Gasteiger partial charge is 0.492 e. The molecule has 3 aromatic rings. The van der Waals surface area contributed by atoms with Gasteiger partial charge in [0, 0.05) is 49.6 Å². The van der Waals surface area contributed by atoms with Crippen molar-refractivity contribution in [1.82, 2.24) is 4.57 Å². The Morgan fingerprint density at radius 3 is 2.79 bits per heavy atom. The lowest BCUT2D eigenvalue weighted by Crippen LogP contribution is -2.28. The molecule has 0 saturated carbocycles. The number of aromatic carboxylic acids is 1. The number of benzene rings is 2. The summed E-state index contributed by atoms with van der Waals surface area (Å²) >= 11 is 6.41.